The van der Waals surface area contributed by atoms with Crippen molar-refractivity contribution in [3.05, 3.63) is 82.7 Å². The molecule has 0 fully saturated rings. The van der Waals surface area contributed by atoms with Crippen LogP contribution in [0.5, 0.6) is 17.2 Å². The normalized spacial score (nSPS) is 14.8. The van der Waals surface area contributed by atoms with Crippen molar-refractivity contribution in [2.75, 3.05) is 14.2 Å². The molecule has 3 N–H and O–H groups in total. The van der Waals surface area contributed by atoms with E-state index in [2.05, 4.69) is 0 Å². The molecule has 1 aromatic heterocycles. The number of benzene rings is 2. The molecule has 0 saturated heterocycles. The monoisotopic (exact) mass is 433 g/mol. The lowest BCUT2D eigenvalue weighted by atomic mass is 9.93. The molecule has 2 aromatic carbocycles. The molecular formula is C25H25N2O5+. The first-order valence-electron chi connectivity index (χ1n) is 10.3. The van der Waals surface area contributed by atoms with Gasteiger partial charge in [-0.15, -0.1) is 0 Å². The Labute approximate surface area is 186 Å². The Kier molecular flexibility index (Phi) is 5.81. The summed E-state index contributed by atoms with van der Waals surface area (Å²) < 4.78 is 12.5. The fourth-order valence-electron chi connectivity index (χ4n) is 4.26. The molecule has 1 atom stereocenters. The summed E-state index contributed by atoms with van der Waals surface area (Å²) in [4.78, 5) is 25.2. The molecular weight excluding hydrogens is 408 g/mol. The zero-order valence-electron chi connectivity index (χ0n) is 18.0. The van der Waals surface area contributed by atoms with Crippen molar-refractivity contribution in [2.45, 2.75) is 19.4 Å². The maximum Gasteiger partial charge on any atom is 0.255 e. The lowest BCUT2D eigenvalue weighted by Gasteiger charge is -2.10. The second-order valence-electron chi connectivity index (χ2n) is 7.92. The number of pyridine rings is 1. The van der Waals surface area contributed by atoms with Crippen LogP contribution in [-0.4, -0.2) is 31.0 Å². The number of fused-ring (bicyclic) bond motifs is 1. The number of ether oxygens (including phenoxy) is 2. The Morgan fingerprint density at radius 2 is 1.91 bits per heavy atom. The number of nitrogens with two attached hydrogens (primary N) is 1. The van der Waals surface area contributed by atoms with Crippen LogP contribution in [-0.2, 0) is 19.4 Å². The highest BCUT2D eigenvalue weighted by Gasteiger charge is 2.33. The van der Waals surface area contributed by atoms with Gasteiger partial charge in [-0.25, -0.2) is 0 Å². The van der Waals surface area contributed by atoms with Crippen LogP contribution in [0.1, 0.15) is 37.4 Å². The Balaban J connectivity index is 1.58. The molecule has 3 aromatic rings. The van der Waals surface area contributed by atoms with Crippen molar-refractivity contribution in [3.8, 4) is 17.2 Å². The number of nitrogens with zero attached hydrogens (tertiary/aromatic N) is 1. The number of phenols is 1. The number of hydrogen-bond donors (Lipinski definition) is 2. The summed E-state index contributed by atoms with van der Waals surface area (Å²) in [6.45, 7) is 0.475. The fourth-order valence-corrected chi connectivity index (χ4v) is 4.26. The lowest BCUT2D eigenvalue weighted by Crippen LogP contribution is -2.36. The van der Waals surface area contributed by atoms with Crippen LogP contribution in [0, 0.1) is 5.92 Å². The number of aromatic nitrogens is 1. The van der Waals surface area contributed by atoms with E-state index in [0.717, 1.165) is 16.7 Å². The van der Waals surface area contributed by atoms with Gasteiger partial charge in [-0.1, -0.05) is 12.1 Å². The number of Topliss-reactive ketones (excluding diaryl/α,β-unsaturated/α-hetero) is 1. The SMILES string of the molecule is COc1cc2c(cc1OC)C(=O)C(Cc1cc[n+](Cc3cccc(O)c3)cc1C(N)=O)C2. The molecule has 0 saturated carbocycles. The molecule has 1 amide bonds. The standard InChI is InChI=1S/C25H24N2O5/c1-31-22-11-17-10-18(24(29)20(17)12-23(22)32-2)9-16-6-7-27(14-21(16)25(26)30)13-15-4-3-5-19(28)8-15/h3-8,11-12,14,18H,9-10,13H2,1-2H3,(H2-,26,28,30)/p+1. The van der Waals surface area contributed by atoms with Gasteiger partial charge in [0.05, 0.1) is 14.2 Å². The number of amides is 1. The first-order valence-corrected chi connectivity index (χ1v) is 10.3. The number of ketones is 1. The van der Waals surface area contributed by atoms with E-state index in [1.165, 1.54) is 7.11 Å². The summed E-state index contributed by atoms with van der Waals surface area (Å²) in [5.41, 5.74) is 9.20. The van der Waals surface area contributed by atoms with Gasteiger partial charge < -0.3 is 20.3 Å². The minimum absolute atomic E-state index is 0.0212. The van der Waals surface area contributed by atoms with Crippen molar-refractivity contribution >= 4 is 11.7 Å². The summed E-state index contributed by atoms with van der Waals surface area (Å²) in [5, 5.41) is 9.67. The number of methoxy groups -OCH3 is 2. The van der Waals surface area contributed by atoms with Gasteiger partial charge in [0.1, 0.15) is 11.3 Å². The van der Waals surface area contributed by atoms with Gasteiger partial charge in [-0.3, -0.25) is 9.59 Å². The second-order valence-corrected chi connectivity index (χ2v) is 7.92. The maximum atomic E-state index is 13.0. The van der Waals surface area contributed by atoms with E-state index in [-0.39, 0.29) is 17.5 Å². The molecule has 1 heterocycles. The third kappa shape index (κ3) is 4.14. The summed E-state index contributed by atoms with van der Waals surface area (Å²) in [6, 6.07) is 12.3. The molecule has 0 spiro atoms. The van der Waals surface area contributed by atoms with Crippen molar-refractivity contribution in [1.29, 1.82) is 0 Å². The number of aromatic hydroxyl groups is 1. The third-order valence-electron chi connectivity index (χ3n) is 5.83. The number of carbonyl (C=O) groups excluding carboxylic acids is 2. The molecule has 4 rings (SSSR count). The average Bonchev–Trinajstić information content (AvgIpc) is 3.08. The maximum absolute atomic E-state index is 13.0. The van der Waals surface area contributed by atoms with Gasteiger partial charge in [0.2, 0.25) is 0 Å². The molecule has 32 heavy (non-hydrogen) atoms. The molecule has 7 nitrogen and oxygen atoms in total. The first kappa shape index (κ1) is 21.4. The van der Waals surface area contributed by atoms with Gasteiger partial charge >= 0.3 is 0 Å². The van der Waals surface area contributed by atoms with Crippen LogP contribution in [0.25, 0.3) is 0 Å². The fraction of sp³-hybridized carbons (Fsp3) is 0.240. The van der Waals surface area contributed by atoms with Crippen molar-refractivity contribution < 1.29 is 28.7 Å². The van der Waals surface area contributed by atoms with Gasteiger partial charge in [0.25, 0.3) is 5.91 Å². The van der Waals surface area contributed by atoms with Crippen LogP contribution in [0.2, 0.25) is 0 Å². The molecule has 0 aliphatic heterocycles. The molecule has 1 unspecified atom stereocenters. The Morgan fingerprint density at radius 3 is 2.59 bits per heavy atom. The Hall–Kier alpha value is -3.87. The summed E-state index contributed by atoms with van der Waals surface area (Å²) >= 11 is 0. The van der Waals surface area contributed by atoms with Gasteiger partial charge in [-0.2, -0.15) is 4.57 Å². The summed E-state index contributed by atoms with van der Waals surface area (Å²) in [6.07, 6.45) is 4.51. The zero-order chi connectivity index (χ0) is 22.8. The van der Waals surface area contributed by atoms with E-state index >= 15 is 0 Å². The number of carbonyl (C=O) groups is 2. The highest BCUT2D eigenvalue weighted by molar-refractivity contribution is 6.03. The zero-order valence-corrected chi connectivity index (χ0v) is 18.0. The van der Waals surface area contributed by atoms with Gasteiger partial charge in [0, 0.05) is 23.1 Å². The van der Waals surface area contributed by atoms with E-state index in [1.807, 2.05) is 29.0 Å². The molecule has 164 valence electrons. The predicted molar refractivity (Wildman–Crippen MR) is 117 cm³/mol. The number of primary amides is 1. The smallest absolute Gasteiger partial charge is 0.255 e. The van der Waals surface area contributed by atoms with Crippen LogP contribution in [0.4, 0.5) is 0 Å². The number of rotatable bonds is 7. The molecule has 1 aliphatic rings. The predicted octanol–water partition coefficient (Wildman–Crippen LogP) is 2.44. The molecule has 7 heteroatoms. The minimum Gasteiger partial charge on any atom is -0.508 e. The minimum atomic E-state index is -0.545. The van der Waals surface area contributed by atoms with Crippen molar-refractivity contribution in [3.63, 3.8) is 0 Å². The highest BCUT2D eigenvalue weighted by Crippen LogP contribution is 2.37. The highest BCUT2D eigenvalue weighted by atomic mass is 16.5. The molecule has 0 radical (unpaired) electrons. The van der Waals surface area contributed by atoms with Crippen LogP contribution in [0.3, 0.4) is 0 Å². The van der Waals surface area contributed by atoms with Crippen LogP contribution in [0.15, 0.2) is 54.9 Å². The lowest BCUT2D eigenvalue weighted by molar-refractivity contribution is -0.688. The van der Waals surface area contributed by atoms with Gasteiger partial charge in [-0.05, 0) is 48.2 Å². The Bertz CT molecular complexity index is 1200. The molecule has 0 bridgehead atoms. The third-order valence-corrected chi connectivity index (χ3v) is 5.83. The number of hydrogen-bond acceptors (Lipinski definition) is 5. The van der Waals surface area contributed by atoms with E-state index < -0.39 is 5.91 Å². The van der Waals surface area contributed by atoms with E-state index in [1.54, 1.807) is 37.6 Å². The first-order chi connectivity index (χ1) is 15.4. The molecule has 1 aliphatic carbocycles. The van der Waals surface area contributed by atoms with Gasteiger partial charge in [0.15, 0.2) is 36.2 Å². The van der Waals surface area contributed by atoms with Crippen LogP contribution >= 0.6 is 0 Å². The topological polar surface area (TPSA) is 103 Å². The second kappa shape index (κ2) is 8.70. The van der Waals surface area contributed by atoms with E-state index in [0.29, 0.717) is 42.0 Å². The van der Waals surface area contributed by atoms with E-state index in [4.69, 9.17) is 15.2 Å². The number of phenolic OH excluding ortho intramolecular Hbond substituents is 1. The average molecular weight is 433 g/mol. The quantitative estimate of drug-likeness (QED) is 0.557. The van der Waals surface area contributed by atoms with Crippen LogP contribution < -0.4 is 19.8 Å². The van der Waals surface area contributed by atoms with Crippen molar-refractivity contribution in [2.24, 2.45) is 11.7 Å². The summed E-state index contributed by atoms with van der Waals surface area (Å²) in [5.74, 6) is 0.477. The van der Waals surface area contributed by atoms with Crippen molar-refractivity contribution in [1.82, 2.24) is 0 Å². The summed E-state index contributed by atoms with van der Waals surface area (Å²) in [7, 11) is 3.10. The largest absolute Gasteiger partial charge is 0.508 e. The van der Waals surface area contributed by atoms with E-state index in [9.17, 15) is 14.7 Å². The Morgan fingerprint density at radius 1 is 1.16 bits per heavy atom.